The molecule has 0 spiro atoms. The van der Waals surface area contributed by atoms with E-state index in [0.717, 1.165) is 87.6 Å². The second-order valence-electron chi connectivity index (χ2n) is 44.6. The van der Waals surface area contributed by atoms with E-state index < -0.39 is 5.60 Å². The summed E-state index contributed by atoms with van der Waals surface area (Å²) in [6, 6.07) is 0. The molecule has 0 aliphatic heterocycles. The molecule has 18 aliphatic carbocycles. The summed E-state index contributed by atoms with van der Waals surface area (Å²) >= 11 is 0. The fourth-order valence-electron chi connectivity index (χ4n) is 28.0. The largest absolute Gasteiger partial charge is 0.400 e. The maximum absolute atomic E-state index is 10.6. The monoisotopic (exact) mass is 1430 g/mol. The summed E-state index contributed by atoms with van der Waals surface area (Å²) in [5.74, 6) is 11.4. The van der Waals surface area contributed by atoms with Gasteiger partial charge in [-0.15, -0.1) is 0 Å². The lowest BCUT2D eigenvalue weighted by Crippen LogP contribution is -2.57. The fourth-order valence-corrected chi connectivity index (χ4v) is 28.0. The average Bonchev–Trinajstić information content (AvgIpc) is 1.48. The van der Waals surface area contributed by atoms with E-state index in [2.05, 4.69) is 96.9 Å². The third-order valence-corrected chi connectivity index (χ3v) is 34.4. The fraction of sp³-hybridized carbons (Fsp3) is 1.00. The molecule has 0 radical (unpaired) electrons. The van der Waals surface area contributed by atoms with Gasteiger partial charge < -0.3 is 35.7 Å². The molecule has 18 aliphatic rings. The first kappa shape index (κ1) is 88.9. The first-order valence-electron chi connectivity index (χ1n) is 45.2. The number of rotatable bonds is 1. The molecular formula is C95H178O7. The van der Waals surface area contributed by atoms with E-state index in [-0.39, 0.29) is 46.3 Å². The highest BCUT2D eigenvalue weighted by atomic mass is 16.3. The van der Waals surface area contributed by atoms with Crippen LogP contribution in [0.15, 0.2) is 0 Å². The Morgan fingerprint density at radius 1 is 0.333 bits per heavy atom. The number of hydrogen-bond acceptors (Lipinski definition) is 7. The van der Waals surface area contributed by atoms with Gasteiger partial charge in [0.1, 0.15) is 0 Å². The molecule has 600 valence electrons. The molecule has 0 aromatic carbocycles. The predicted octanol–water partition coefficient (Wildman–Crippen LogP) is 25.5. The predicted molar refractivity (Wildman–Crippen MR) is 434 cm³/mol. The molecule has 7 N–H and O–H groups in total. The van der Waals surface area contributed by atoms with Crippen LogP contribution in [-0.2, 0) is 0 Å². The zero-order valence-corrected chi connectivity index (χ0v) is 71.7. The quantitative estimate of drug-likeness (QED) is 0.130. The van der Waals surface area contributed by atoms with Crippen molar-refractivity contribution in [3.05, 3.63) is 0 Å². The summed E-state index contributed by atoms with van der Waals surface area (Å²) in [4.78, 5) is 0. The highest BCUT2D eigenvalue weighted by molar-refractivity contribution is 5.14. The Hall–Kier alpha value is -0.280. The molecule has 18 rings (SSSR count). The van der Waals surface area contributed by atoms with Gasteiger partial charge in [0, 0.05) is 25.7 Å². The zero-order valence-electron chi connectivity index (χ0n) is 71.7. The van der Waals surface area contributed by atoms with E-state index in [1.165, 1.54) is 255 Å². The minimum absolute atomic E-state index is 0.205. The Morgan fingerprint density at radius 3 is 0.951 bits per heavy atom. The third kappa shape index (κ3) is 21.7. The van der Waals surface area contributed by atoms with Crippen LogP contribution in [0.4, 0.5) is 0 Å². The maximum Gasteiger partial charge on any atom is 0.0701 e. The third-order valence-electron chi connectivity index (χ3n) is 34.4. The minimum atomic E-state index is -0.497. The van der Waals surface area contributed by atoms with Crippen molar-refractivity contribution >= 4 is 0 Å². The Kier molecular flexibility index (Phi) is 31.8. The normalized spacial score (nSPS) is 43.6. The standard InChI is InChI=1S/C14H26O.C14H22.C11H20O.C10H18O.2C9H16.C8H14O.C8H16.C7H14.2C2H6O.CH4O/c1-12(2,15)14-10-6-4-8-13(14,3)9-5-7-11-14;1-14(2)7-10-6-11(14)13-9-4-3-8(5-9)12(10)13;1-10-6-2-4-8-11(10,12)9-5-3-7-10;1-9-5-2-3-7-10(9,11)8-4-6-9;2*1-9(2)6-7-3-4-8(9)5-7;1-7-2-4-8(9,6-7)5-3-7;1-8(2)6-4-3-5-7-8;1-7(2)5-3-4-6-7;2*1-2-3;1-2/h15H,4-11H2,1-3H3;8-13H,3-7H2,1-2H3;12H,2-9H2,1H3;11H,2-8H2,1H3;2*7-8H,3-6H2,1-2H3;9H,2-6H2,1H3;3-7H2,1-2H3;3-6H2,1-2H3;2*3H,2H2,1H3;2H,1H3. The van der Waals surface area contributed by atoms with Crippen LogP contribution < -0.4 is 0 Å². The lowest BCUT2D eigenvalue weighted by molar-refractivity contribution is -0.173. The lowest BCUT2D eigenvalue weighted by Gasteiger charge is -2.60. The Bertz CT molecular complexity index is 2310. The van der Waals surface area contributed by atoms with E-state index in [4.69, 9.17) is 15.3 Å². The van der Waals surface area contributed by atoms with Crippen LogP contribution in [0.3, 0.4) is 0 Å². The highest BCUT2D eigenvalue weighted by Gasteiger charge is 2.65. The van der Waals surface area contributed by atoms with E-state index in [1.807, 2.05) is 13.8 Å². The molecular weight excluding hydrogens is 1250 g/mol. The van der Waals surface area contributed by atoms with Gasteiger partial charge in [-0.2, -0.15) is 0 Å². The summed E-state index contributed by atoms with van der Waals surface area (Å²) in [6.07, 6.45) is 67.8. The second kappa shape index (κ2) is 36.5. The van der Waals surface area contributed by atoms with Crippen molar-refractivity contribution in [2.75, 3.05) is 20.3 Å². The van der Waals surface area contributed by atoms with Gasteiger partial charge in [-0.25, -0.2) is 0 Å². The van der Waals surface area contributed by atoms with Crippen molar-refractivity contribution in [3.8, 4) is 0 Å². The number of aliphatic hydroxyl groups excluding tert-OH is 3. The maximum atomic E-state index is 10.6. The van der Waals surface area contributed by atoms with Crippen molar-refractivity contribution in [2.24, 2.45) is 113 Å². The zero-order chi connectivity index (χ0) is 75.5. The lowest BCUT2D eigenvalue weighted by atomic mass is 9.46. The van der Waals surface area contributed by atoms with Gasteiger partial charge in [-0.05, 0) is 347 Å². The number of aliphatic hydroxyl groups is 7. The smallest absolute Gasteiger partial charge is 0.0701 e. The van der Waals surface area contributed by atoms with Gasteiger partial charge in [-0.3, -0.25) is 0 Å². The van der Waals surface area contributed by atoms with Crippen LogP contribution in [0.25, 0.3) is 0 Å². The molecule has 0 aromatic heterocycles. The van der Waals surface area contributed by atoms with Gasteiger partial charge in [0.15, 0.2) is 0 Å². The Balaban J connectivity index is 0.000000160. The van der Waals surface area contributed by atoms with Crippen LogP contribution in [-0.4, -0.2) is 78.5 Å². The molecule has 7 heteroatoms. The molecule has 7 nitrogen and oxygen atoms in total. The van der Waals surface area contributed by atoms with Crippen molar-refractivity contribution in [2.45, 2.75) is 468 Å². The molecule has 0 heterocycles. The molecule has 10 bridgehead atoms. The summed E-state index contributed by atoms with van der Waals surface area (Å²) in [5, 5.41) is 63.2. The summed E-state index contributed by atoms with van der Waals surface area (Å²) in [7, 11) is 1.00. The molecule has 12 unspecified atom stereocenters. The van der Waals surface area contributed by atoms with Gasteiger partial charge in [0.25, 0.3) is 0 Å². The number of hydrogen-bond donors (Lipinski definition) is 7. The van der Waals surface area contributed by atoms with Gasteiger partial charge in [0.05, 0.1) is 22.4 Å². The van der Waals surface area contributed by atoms with Crippen LogP contribution in [0, 0.1) is 113 Å². The van der Waals surface area contributed by atoms with Gasteiger partial charge in [-0.1, -0.05) is 206 Å². The van der Waals surface area contributed by atoms with Crippen LogP contribution in [0.5, 0.6) is 0 Å². The van der Waals surface area contributed by atoms with Crippen LogP contribution in [0.2, 0.25) is 0 Å². The SMILES string of the molecule is CC(C)(O)C12CCCCC1(C)CCCC2.CC1(C)CC2CC1C1C3CCC(C3)C21.CC1(C)CC2CCC1C2.CC1(C)CC2CCC1C2.CC1(C)CCCC1.CC1(C)CCCCC1.CC12CCC(O)(CC1)C2.CC12CCCCC1(O)CCC2.CC12CCCCC1(O)CCCC2.CCO.CCO.CO. The molecule has 0 aromatic rings. The molecule has 0 amide bonds. The van der Waals surface area contributed by atoms with Gasteiger partial charge in [0.2, 0.25) is 0 Å². The molecule has 18 saturated carbocycles. The van der Waals surface area contributed by atoms with E-state index in [9.17, 15) is 20.4 Å². The Labute approximate surface area is 634 Å². The molecule has 0 saturated heterocycles. The van der Waals surface area contributed by atoms with E-state index in [0.29, 0.717) is 37.9 Å². The number of fused-ring (bicyclic) bond motifs is 18. The Morgan fingerprint density at radius 2 is 0.676 bits per heavy atom. The summed E-state index contributed by atoms with van der Waals surface area (Å²) < 4.78 is 0. The van der Waals surface area contributed by atoms with Crippen molar-refractivity contribution in [1.29, 1.82) is 0 Å². The molecule has 102 heavy (non-hydrogen) atoms. The summed E-state index contributed by atoms with van der Waals surface area (Å²) in [6.45, 7) is 41.6. The van der Waals surface area contributed by atoms with Gasteiger partial charge >= 0.3 is 0 Å². The van der Waals surface area contributed by atoms with Crippen molar-refractivity contribution < 1.29 is 35.7 Å². The topological polar surface area (TPSA) is 142 Å². The van der Waals surface area contributed by atoms with E-state index >= 15 is 0 Å². The first-order valence-corrected chi connectivity index (χ1v) is 45.2. The minimum Gasteiger partial charge on any atom is -0.400 e. The molecule has 12 atom stereocenters. The van der Waals surface area contributed by atoms with Crippen molar-refractivity contribution in [1.82, 2.24) is 0 Å². The molecule has 18 fully saturated rings. The van der Waals surface area contributed by atoms with Crippen LogP contribution in [0.1, 0.15) is 446 Å². The van der Waals surface area contributed by atoms with E-state index in [1.54, 1.807) is 58.8 Å². The average molecular weight is 1430 g/mol. The summed E-state index contributed by atoms with van der Waals surface area (Å²) in [5.41, 5.74) is 3.90. The highest BCUT2D eigenvalue weighted by Crippen LogP contribution is 2.72. The van der Waals surface area contributed by atoms with Crippen molar-refractivity contribution in [3.63, 3.8) is 0 Å². The first-order chi connectivity index (χ1) is 47.6. The van der Waals surface area contributed by atoms with Crippen LogP contribution >= 0.6 is 0 Å². The second-order valence-corrected chi connectivity index (χ2v) is 44.6.